The van der Waals surface area contributed by atoms with Crippen LogP contribution in [0.25, 0.3) is 0 Å². The minimum atomic E-state index is -0.778. The van der Waals surface area contributed by atoms with Crippen molar-refractivity contribution < 1.29 is 9.53 Å². The topological polar surface area (TPSA) is 70.4 Å². The molecular formula is C21H15Cl2N5O2S. The largest absolute Gasteiger partial charge is 0.455 e. The molecule has 0 N–H and O–H groups in total. The summed E-state index contributed by atoms with van der Waals surface area (Å²) in [6.07, 6.45) is 3.84. The summed E-state index contributed by atoms with van der Waals surface area (Å²) < 4.78 is 6.17. The SMILES string of the molecule is O=C1c2ccc(Oc3ccccc3N3C(Cl)=CN=NC3Cl)cc2CCN1c1nccs1. The zero-order valence-electron chi connectivity index (χ0n) is 16.0. The highest BCUT2D eigenvalue weighted by Gasteiger charge is 2.28. The molecule has 0 saturated heterocycles. The van der Waals surface area contributed by atoms with Crippen molar-refractivity contribution in [2.75, 3.05) is 16.3 Å². The molecule has 2 aromatic carbocycles. The number of ether oxygens (including phenoxy) is 1. The van der Waals surface area contributed by atoms with E-state index in [9.17, 15) is 4.79 Å². The number of amides is 1. The third-order valence-electron chi connectivity index (χ3n) is 4.93. The normalized spacial score (nSPS) is 18.1. The van der Waals surface area contributed by atoms with Crippen molar-refractivity contribution in [3.8, 4) is 11.5 Å². The van der Waals surface area contributed by atoms with E-state index < -0.39 is 5.62 Å². The maximum absolute atomic E-state index is 12.9. The summed E-state index contributed by atoms with van der Waals surface area (Å²) in [6, 6.07) is 12.9. The first-order valence-electron chi connectivity index (χ1n) is 9.42. The maximum Gasteiger partial charge on any atom is 0.260 e. The molecule has 3 aromatic rings. The van der Waals surface area contributed by atoms with Crippen molar-refractivity contribution in [3.05, 3.63) is 76.5 Å². The number of fused-ring (bicyclic) bond motifs is 1. The molecular weight excluding hydrogens is 457 g/mol. The molecule has 1 aromatic heterocycles. The number of carbonyl (C=O) groups is 1. The van der Waals surface area contributed by atoms with Crippen molar-refractivity contribution in [3.63, 3.8) is 0 Å². The van der Waals surface area contributed by atoms with Gasteiger partial charge in [-0.05, 0) is 42.3 Å². The van der Waals surface area contributed by atoms with Crippen LogP contribution in [0.3, 0.4) is 0 Å². The highest BCUT2D eigenvalue weighted by atomic mass is 35.5. The van der Waals surface area contributed by atoms with E-state index in [4.69, 9.17) is 27.9 Å². The Hall–Kier alpha value is -2.94. The van der Waals surface area contributed by atoms with Gasteiger partial charge in [-0.3, -0.25) is 14.6 Å². The fourth-order valence-corrected chi connectivity index (χ4v) is 4.72. The summed E-state index contributed by atoms with van der Waals surface area (Å²) in [6.45, 7) is 0.576. The number of anilines is 2. The Morgan fingerprint density at radius 3 is 2.87 bits per heavy atom. The Balaban J connectivity index is 1.42. The van der Waals surface area contributed by atoms with Gasteiger partial charge in [0.15, 0.2) is 10.9 Å². The summed E-state index contributed by atoms with van der Waals surface area (Å²) in [5.74, 6) is 1.12. The zero-order chi connectivity index (χ0) is 21.4. The van der Waals surface area contributed by atoms with Crippen LogP contribution in [0.1, 0.15) is 15.9 Å². The van der Waals surface area contributed by atoms with Gasteiger partial charge in [0.2, 0.25) is 5.62 Å². The average molecular weight is 472 g/mol. The number of aromatic nitrogens is 1. The van der Waals surface area contributed by atoms with Gasteiger partial charge in [-0.1, -0.05) is 35.3 Å². The molecule has 1 amide bonds. The van der Waals surface area contributed by atoms with Crippen LogP contribution in [0.4, 0.5) is 10.8 Å². The molecule has 156 valence electrons. The van der Waals surface area contributed by atoms with E-state index in [1.807, 2.05) is 35.7 Å². The Kier molecular flexibility index (Phi) is 5.35. The first kappa shape index (κ1) is 20.0. The number of para-hydroxylation sites is 2. The molecule has 0 spiro atoms. The quantitative estimate of drug-likeness (QED) is 0.347. The summed E-state index contributed by atoms with van der Waals surface area (Å²) in [4.78, 5) is 20.5. The van der Waals surface area contributed by atoms with Crippen LogP contribution in [0.5, 0.6) is 11.5 Å². The second kappa shape index (κ2) is 8.30. The lowest BCUT2D eigenvalue weighted by Gasteiger charge is -2.29. The molecule has 10 heteroatoms. The molecule has 0 aliphatic carbocycles. The van der Waals surface area contributed by atoms with Gasteiger partial charge in [0.25, 0.3) is 5.91 Å². The van der Waals surface area contributed by atoms with Gasteiger partial charge in [0.05, 0.1) is 11.9 Å². The second-order valence-corrected chi connectivity index (χ2v) is 8.42. The molecule has 31 heavy (non-hydrogen) atoms. The first-order chi connectivity index (χ1) is 15.1. The van der Waals surface area contributed by atoms with Gasteiger partial charge >= 0.3 is 0 Å². The van der Waals surface area contributed by atoms with E-state index in [0.29, 0.717) is 46.0 Å². The standard InChI is InChI=1S/C21H15Cl2N5O2S/c22-18-12-25-26-20(23)28(18)16-3-1-2-4-17(16)30-14-5-6-15-13(11-14)7-9-27(19(15)29)21-24-8-10-31-21/h1-6,8,10-12,20H,7,9H2. The number of nitrogens with zero attached hydrogens (tertiary/aromatic N) is 5. The van der Waals surface area contributed by atoms with Crippen molar-refractivity contribution in [2.45, 2.75) is 12.0 Å². The number of thiazole rings is 1. The lowest BCUT2D eigenvalue weighted by atomic mass is 9.99. The van der Waals surface area contributed by atoms with Crippen LogP contribution in [-0.2, 0) is 6.42 Å². The van der Waals surface area contributed by atoms with Gasteiger partial charge < -0.3 is 4.74 Å². The van der Waals surface area contributed by atoms with E-state index in [-0.39, 0.29) is 5.91 Å². The summed E-state index contributed by atoms with van der Waals surface area (Å²) >= 11 is 14.0. The van der Waals surface area contributed by atoms with Crippen LogP contribution in [-0.4, -0.2) is 23.1 Å². The smallest absolute Gasteiger partial charge is 0.260 e. The maximum atomic E-state index is 12.9. The molecule has 0 radical (unpaired) electrons. The van der Waals surface area contributed by atoms with Gasteiger partial charge in [0, 0.05) is 23.7 Å². The predicted octanol–water partition coefficient (Wildman–Crippen LogP) is 5.97. The number of hydrogen-bond donors (Lipinski definition) is 0. The molecule has 1 atom stereocenters. The fraction of sp³-hybridized carbons (Fsp3) is 0.143. The lowest BCUT2D eigenvalue weighted by Crippen LogP contribution is -2.37. The number of halogens is 2. The van der Waals surface area contributed by atoms with E-state index in [0.717, 1.165) is 5.56 Å². The van der Waals surface area contributed by atoms with Gasteiger partial charge in [-0.25, -0.2) is 4.98 Å². The van der Waals surface area contributed by atoms with E-state index in [1.165, 1.54) is 17.5 Å². The van der Waals surface area contributed by atoms with Gasteiger partial charge in [-0.15, -0.1) is 16.5 Å². The molecule has 0 bridgehead atoms. The Morgan fingerprint density at radius 2 is 2.06 bits per heavy atom. The predicted molar refractivity (Wildman–Crippen MR) is 121 cm³/mol. The number of carbonyl (C=O) groups excluding carboxylic acids is 1. The molecule has 7 nitrogen and oxygen atoms in total. The van der Waals surface area contributed by atoms with Crippen molar-refractivity contribution >= 4 is 51.3 Å². The van der Waals surface area contributed by atoms with Crippen molar-refractivity contribution in [2.24, 2.45) is 10.2 Å². The lowest BCUT2D eigenvalue weighted by molar-refractivity contribution is 0.0980. The molecule has 1 unspecified atom stereocenters. The number of hydrogen-bond acceptors (Lipinski definition) is 7. The number of benzene rings is 2. The monoisotopic (exact) mass is 471 g/mol. The van der Waals surface area contributed by atoms with E-state index in [1.54, 1.807) is 28.1 Å². The van der Waals surface area contributed by atoms with Crippen molar-refractivity contribution in [1.82, 2.24) is 4.98 Å². The van der Waals surface area contributed by atoms with E-state index in [2.05, 4.69) is 15.2 Å². The minimum Gasteiger partial charge on any atom is -0.455 e. The fourth-order valence-electron chi connectivity index (χ4n) is 3.51. The molecule has 5 rings (SSSR count). The molecule has 2 aliphatic heterocycles. The van der Waals surface area contributed by atoms with Crippen LogP contribution in [0.2, 0.25) is 0 Å². The average Bonchev–Trinajstić information content (AvgIpc) is 3.30. The zero-order valence-corrected chi connectivity index (χ0v) is 18.3. The summed E-state index contributed by atoms with van der Waals surface area (Å²) in [7, 11) is 0. The van der Waals surface area contributed by atoms with E-state index >= 15 is 0 Å². The molecule has 2 aliphatic rings. The van der Waals surface area contributed by atoms with Crippen LogP contribution in [0, 0.1) is 0 Å². The number of azo groups is 1. The van der Waals surface area contributed by atoms with Crippen molar-refractivity contribution in [1.29, 1.82) is 0 Å². The number of alkyl halides is 1. The Labute approximate surface area is 192 Å². The summed E-state index contributed by atoms with van der Waals surface area (Å²) in [5.41, 5.74) is 1.48. The first-order valence-corrected chi connectivity index (χ1v) is 11.1. The molecule has 0 fully saturated rings. The molecule has 3 heterocycles. The van der Waals surface area contributed by atoms with Gasteiger partial charge in [0.1, 0.15) is 10.9 Å². The number of rotatable bonds is 4. The molecule has 0 saturated carbocycles. The van der Waals surface area contributed by atoms with Crippen LogP contribution >= 0.6 is 34.5 Å². The van der Waals surface area contributed by atoms with Crippen LogP contribution in [0.15, 0.2) is 75.6 Å². The Morgan fingerprint density at radius 1 is 1.19 bits per heavy atom. The highest BCUT2D eigenvalue weighted by Crippen LogP contribution is 2.39. The second-order valence-electron chi connectivity index (χ2n) is 6.77. The minimum absolute atomic E-state index is 0.0521. The summed E-state index contributed by atoms with van der Waals surface area (Å²) in [5, 5.41) is 10.6. The Bertz CT molecular complexity index is 1200. The third-order valence-corrected chi connectivity index (χ3v) is 6.29. The van der Waals surface area contributed by atoms with Crippen LogP contribution < -0.4 is 14.5 Å². The van der Waals surface area contributed by atoms with Gasteiger partial charge in [-0.2, -0.15) is 5.11 Å². The third kappa shape index (κ3) is 3.78. The highest BCUT2D eigenvalue weighted by molar-refractivity contribution is 7.13.